The highest BCUT2D eigenvalue weighted by atomic mass is 79.9. The number of rotatable bonds is 1. The van der Waals surface area contributed by atoms with Crippen LogP contribution in [0.1, 0.15) is 0 Å². The van der Waals surface area contributed by atoms with Crippen molar-refractivity contribution in [2.45, 2.75) is 0 Å². The van der Waals surface area contributed by atoms with Crippen molar-refractivity contribution >= 4 is 49.2 Å². The van der Waals surface area contributed by atoms with E-state index in [1.807, 2.05) is 46.9 Å². The van der Waals surface area contributed by atoms with Crippen molar-refractivity contribution in [2.24, 2.45) is 5.18 Å². The summed E-state index contributed by atoms with van der Waals surface area (Å²) in [6, 6.07) is 13.8. The third-order valence-electron chi connectivity index (χ3n) is 3.39. The smallest absolute Gasteiger partial charge is 0.158 e. The predicted octanol–water partition coefficient (Wildman–Crippen LogP) is 4.73. The molecule has 0 aliphatic carbocycles. The molecule has 0 fully saturated rings. The van der Waals surface area contributed by atoms with Gasteiger partial charge in [0.15, 0.2) is 5.69 Å². The van der Waals surface area contributed by atoms with Gasteiger partial charge in [-0.2, -0.15) is 0 Å². The number of hydrogen-bond acceptors (Lipinski definition) is 2. The summed E-state index contributed by atoms with van der Waals surface area (Å²) in [6.07, 6.45) is 0. The zero-order chi connectivity index (χ0) is 13.0. The maximum Gasteiger partial charge on any atom is 0.158 e. The highest BCUT2D eigenvalue weighted by molar-refractivity contribution is 9.10. The van der Waals surface area contributed by atoms with Crippen LogP contribution >= 0.6 is 15.9 Å². The SMILES string of the molecule is O=Nc1c2cc(Br)ccc2n2c1[nH]c1ccccc12. The summed E-state index contributed by atoms with van der Waals surface area (Å²) >= 11 is 3.43. The van der Waals surface area contributed by atoms with Crippen LogP contribution in [0.3, 0.4) is 0 Å². The van der Waals surface area contributed by atoms with Crippen molar-refractivity contribution in [2.75, 3.05) is 0 Å². The van der Waals surface area contributed by atoms with Crippen LogP contribution in [-0.4, -0.2) is 9.38 Å². The van der Waals surface area contributed by atoms with Gasteiger partial charge in [0.05, 0.1) is 16.6 Å². The van der Waals surface area contributed by atoms with Crippen molar-refractivity contribution in [1.29, 1.82) is 0 Å². The fraction of sp³-hybridized carbons (Fsp3) is 0. The minimum Gasteiger partial charge on any atom is -0.338 e. The molecule has 0 saturated carbocycles. The molecule has 2 aromatic carbocycles. The average molecular weight is 314 g/mol. The Kier molecular flexibility index (Phi) is 2.08. The third kappa shape index (κ3) is 1.33. The molecule has 5 heteroatoms. The van der Waals surface area contributed by atoms with E-state index in [9.17, 15) is 4.91 Å². The molecule has 1 N–H and O–H groups in total. The molecule has 92 valence electrons. The van der Waals surface area contributed by atoms with Crippen molar-refractivity contribution in [3.63, 3.8) is 0 Å². The van der Waals surface area contributed by atoms with Crippen LogP contribution in [0.25, 0.3) is 27.6 Å². The number of fused-ring (bicyclic) bond motifs is 5. The number of benzene rings is 2. The molecule has 0 bridgehead atoms. The largest absolute Gasteiger partial charge is 0.338 e. The lowest BCUT2D eigenvalue weighted by molar-refractivity contribution is 1.32. The minimum absolute atomic E-state index is 0.451. The van der Waals surface area contributed by atoms with Crippen molar-refractivity contribution in [1.82, 2.24) is 9.38 Å². The molecule has 2 heterocycles. The van der Waals surface area contributed by atoms with Crippen LogP contribution in [0.2, 0.25) is 0 Å². The summed E-state index contributed by atoms with van der Waals surface area (Å²) in [5.74, 6) is 0. The van der Waals surface area contributed by atoms with Gasteiger partial charge in [-0.3, -0.25) is 4.40 Å². The Balaban J connectivity index is 2.36. The van der Waals surface area contributed by atoms with E-state index in [-0.39, 0.29) is 0 Å². The van der Waals surface area contributed by atoms with Gasteiger partial charge < -0.3 is 4.98 Å². The van der Waals surface area contributed by atoms with Crippen LogP contribution in [-0.2, 0) is 0 Å². The van der Waals surface area contributed by atoms with Gasteiger partial charge in [0.25, 0.3) is 0 Å². The van der Waals surface area contributed by atoms with Gasteiger partial charge in [-0.1, -0.05) is 28.1 Å². The van der Waals surface area contributed by atoms with E-state index in [4.69, 9.17) is 0 Å². The number of hydrogen-bond donors (Lipinski definition) is 1. The Labute approximate surface area is 116 Å². The Morgan fingerprint density at radius 3 is 2.79 bits per heavy atom. The average Bonchev–Trinajstić information content (AvgIpc) is 2.92. The molecule has 4 aromatic rings. The summed E-state index contributed by atoms with van der Waals surface area (Å²) < 4.78 is 2.97. The molecule has 0 amide bonds. The molecule has 0 unspecified atom stereocenters. The second-order valence-corrected chi connectivity index (χ2v) is 5.34. The lowest BCUT2D eigenvalue weighted by atomic mass is 10.2. The summed E-state index contributed by atoms with van der Waals surface area (Å²) in [5, 5.41) is 4.05. The molecule has 19 heavy (non-hydrogen) atoms. The predicted molar refractivity (Wildman–Crippen MR) is 79.9 cm³/mol. The van der Waals surface area contributed by atoms with E-state index in [0.717, 1.165) is 32.1 Å². The summed E-state index contributed by atoms with van der Waals surface area (Å²) in [7, 11) is 0. The number of aromatic nitrogens is 2. The number of aromatic amines is 1. The summed E-state index contributed by atoms with van der Waals surface area (Å²) in [6.45, 7) is 0. The molecule has 4 rings (SSSR count). The van der Waals surface area contributed by atoms with E-state index in [1.165, 1.54) is 0 Å². The maximum atomic E-state index is 11.2. The Morgan fingerprint density at radius 2 is 1.95 bits per heavy atom. The zero-order valence-electron chi connectivity index (χ0n) is 9.72. The number of halogens is 1. The van der Waals surface area contributed by atoms with Gasteiger partial charge in [0.1, 0.15) is 5.65 Å². The molecule has 0 radical (unpaired) electrons. The Bertz CT molecular complexity index is 951. The first-order valence-corrected chi connectivity index (χ1v) is 6.62. The fourth-order valence-electron chi connectivity index (χ4n) is 2.61. The van der Waals surface area contributed by atoms with Crippen molar-refractivity contribution in [3.8, 4) is 0 Å². The monoisotopic (exact) mass is 313 g/mol. The third-order valence-corrected chi connectivity index (χ3v) is 3.89. The Hall–Kier alpha value is -2.14. The van der Waals surface area contributed by atoms with Crippen molar-refractivity contribution < 1.29 is 0 Å². The summed E-state index contributed by atoms with van der Waals surface area (Å²) in [4.78, 5) is 14.4. The number of para-hydroxylation sites is 2. The molecule has 4 nitrogen and oxygen atoms in total. The van der Waals surface area contributed by atoms with Gasteiger partial charge in [-0.15, -0.1) is 4.91 Å². The second-order valence-electron chi connectivity index (χ2n) is 4.43. The second kappa shape index (κ2) is 3.68. The Morgan fingerprint density at radius 1 is 1.11 bits per heavy atom. The van der Waals surface area contributed by atoms with Crippen LogP contribution in [0.15, 0.2) is 52.1 Å². The van der Waals surface area contributed by atoms with Gasteiger partial charge >= 0.3 is 0 Å². The molecule has 0 atom stereocenters. The highest BCUT2D eigenvalue weighted by Crippen LogP contribution is 2.37. The van der Waals surface area contributed by atoms with E-state index in [2.05, 4.69) is 26.1 Å². The van der Waals surface area contributed by atoms with Gasteiger partial charge in [-0.05, 0) is 35.5 Å². The first-order chi connectivity index (χ1) is 9.29. The van der Waals surface area contributed by atoms with E-state index in [0.29, 0.717) is 5.69 Å². The molecule has 0 aliphatic heterocycles. The van der Waals surface area contributed by atoms with Gasteiger partial charge in [0.2, 0.25) is 0 Å². The van der Waals surface area contributed by atoms with Crippen LogP contribution in [0, 0.1) is 4.91 Å². The number of nitrogens with zero attached hydrogens (tertiary/aromatic N) is 2. The minimum atomic E-state index is 0.451. The van der Waals surface area contributed by atoms with Crippen LogP contribution in [0.5, 0.6) is 0 Å². The number of nitroso groups, excluding NO2 is 1. The van der Waals surface area contributed by atoms with E-state index < -0.39 is 0 Å². The lowest BCUT2D eigenvalue weighted by Gasteiger charge is -1.95. The fourth-order valence-corrected chi connectivity index (χ4v) is 2.97. The molecular weight excluding hydrogens is 306 g/mol. The number of nitrogens with one attached hydrogen (secondary N) is 1. The zero-order valence-corrected chi connectivity index (χ0v) is 11.3. The molecule has 0 spiro atoms. The van der Waals surface area contributed by atoms with Gasteiger partial charge in [-0.25, -0.2) is 0 Å². The van der Waals surface area contributed by atoms with Crippen LogP contribution in [0.4, 0.5) is 5.69 Å². The molecule has 0 saturated heterocycles. The van der Waals surface area contributed by atoms with Crippen molar-refractivity contribution in [3.05, 3.63) is 51.8 Å². The highest BCUT2D eigenvalue weighted by Gasteiger charge is 2.16. The number of imidazole rings is 1. The molecule has 2 aromatic heterocycles. The maximum absolute atomic E-state index is 11.2. The number of H-pyrrole nitrogens is 1. The summed E-state index contributed by atoms with van der Waals surface area (Å²) in [5.41, 5.74) is 4.20. The molecular formula is C14H8BrN3O. The topological polar surface area (TPSA) is 49.6 Å². The first-order valence-electron chi connectivity index (χ1n) is 5.83. The van der Waals surface area contributed by atoms with E-state index >= 15 is 0 Å². The first kappa shape index (κ1) is 10.8. The lowest BCUT2D eigenvalue weighted by Crippen LogP contribution is -1.79. The quantitative estimate of drug-likeness (QED) is 0.507. The van der Waals surface area contributed by atoms with E-state index in [1.54, 1.807) is 0 Å². The standard InChI is InChI=1S/C14H8BrN3O/c15-8-5-6-11-9(7-8)13(17-19)14-16-10-3-1-2-4-12(10)18(11)14/h1-7,16H. The van der Waals surface area contributed by atoms with Crippen LogP contribution < -0.4 is 0 Å². The molecule has 0 aliphatic rings. The normalized spacial score (nSPS) is 11.6. The van der Waals surface area contributed by atoms with Gasteiger partial charge in [0, 0.05) is 9.86 Å².